The van der Waals surface area contributed by atoms with Gasteiger partial charge in [0, 0.05) is 39.8 Å². The van der Waals surface area contributed by atoms with Crippen LogP contribution in [-0.2, 0) is 11.3 Å². The molecule has 8 heteroatoms. The lowest BCUT2D eigenvalue weighted by Gasteiger charge is -2.15. The van der Waals surface area contributed by atoms with Crippen LogP contribution in [0.2, 0.25) is 5.02 Å². The third kappa shape index (κ3) is 4.50. The number of amides is 2. The fourth-order valence-electron chi connectivity index (χ4n) is 3.77. The fraction of sp³-hybridized carbons (Fsp3) is 0.0385. The molecule has 2 amide bonds. The maximum atomic E-state index is 13.1. The predicted octanol–water partition coefficient (Wildman–Crippen LogP) is 5.89. The van der Waals surface area contributed by atoms with Crippen molar-refractivity contribution in [3.63, 3.8) is 0 Å². The largest absolute Gasteiger partial charge is 0.342 e. The van der Waals surface area contributed by atoms with Crippen molar-refractivity contribution in [2.24, 2.45) is 0 Å². The lowest BCUT2D eigenvalue weighted by molar-refractivity contribution is -0.123. The zero-order valence-electron chi connectivity index (χ0n) is 17.8. The van der Waals surface area contributed by atoms with Crippen LogP contribution in [-0.4, -0.2) is 25.7 Å². The number of para-hydroxylation sites is 1. The van der Waals surface area contributed by atoms with Gasteiger partial charge in [-0.15, -0.1) is 0 Å². The molecule has 1 aliphatic heterocycles. The number of rotatable bonds is 5. The van der Waals surface area contributed by atoms with E-state index in [-0.39, 0.29) is 10.2 Å². The summed E-state index contributed by atoms with van der Waals surface area (Å²) in [5.74, 6) is -0.800. The van der Waals surface area contributed by atoms with Gasteiger partial charge >= 0.3 is 0 Å². The Kier molecular flexibility index (Phi) is 6.24. The van der Waals surface area contributed by atoms with Gasteiger partial charge in [-0.25, -0.2) is 0 Å². The first-order valence-corrected chi connectivity index (χ1v) is 12.1. The molecule has 1 aliphatic rings. The summed E-state index contributed by atoms with van der Waals surface area (Å²) in [6.07, 6.45) is 3.87. The molecule has 0 saturated carbocycles. The number of benzene rings is 3. The molecule has 0 bridgehead atoms. The summed E-state index contributed by atoms with van der Waals surface area (Å²) in [4.78, 5) is 26.1. The van der Waals surface area contributed by atoms with Gasteiger partial charge in [0.2, 0.25) is 0 Å². The van der Waals surface area contributed by atoms with Crippen molar-refractivity contribution >= 4 is 68.7 Å². The Bertz CT molecular complexity index is 1450. The molecular formula is C26H18ClN3O2S2. The Morgan fingerprint density at radius 1 is 1.00 bits per heavy atom. The second-order valence-electron chi connectivity index (χ2n) is 7.68. The number of nitrogens with one attached hydrogen (secondary N) is 1. The van der Waals surface area contributed by atoms with Gasteiger partial charge in [0.25, 0.3) is 11.8 Å². The van der Waals surface area contributed by atoms with Crippen molar-refractivity contribution in [1.82, 2.24) is 15.0 Å². The van der Waals surface area contributed by atoms with Crippen molar-refractivity contribution < 1.29 is 9.59 Å². The standard InChI is InChI=1S/C26H18ClN3O2S2/c27-20-12-10-18(11-13-20)24(31)28-30-25(32)23(34-26(30)33)14-19-16-29(15-17-6-2-1-3-7-17)22-9-5-4-8-21(19)22/h1-14,16H,15H2,(H,28,31)/b23-14-. The van der Waals surface area contributed by atoms with E-state index in [2.05, 4.69) is 28.2 Å². The number of halogens is 1. The highest BCUT2D eigenvalue weighted by molar-refractivity contribution is 8.26. The number of aromatic nitrogens is 1. The van der Waals surface area contributed by atoms with Crippen LogP contribution in [0.1, 0.15) is 21.5 Å². The second kappa shape index (κ2) is 9.46. The number of hydrogen-bond acceptors (Lipinski definition) is 4. The molecule has 168 valence electrons. The molecule has 1 N–H and O–H groups in total. The summed E-state index contributed by atoms with van der Waals surface area (Å²) in [6, 6.07) is 24.7. The molecule has 3 aromatic carbocycles. The normalized spacial score (nSPS) is 14.9. The smallest absolute Gasteiger partial charge is 0.285 e. The van der Waals surface area contributed by atoms with Crippen molar-refractivity contribution in [3.8, 4) is 0 Å². The number of thioether (sulfide) groups is 1. The first kappa shape index (κ1) is 22.4. The van der Waals surface area contributed by atoms with Crippen LogP contribution in [0.5, 0.6) is 0 Å². The van der Waals surface area contributed by atoms with Crippen LogP contribution in [0.3, 0.4) is 0 Å². The van der Waals surface area contributed by atoms with Gasteiger partial charge in [0.15, 0.2) is 4.32 Å². The lowest BCUT2D eigenvalue weighted by Crippen LogP contribution is -2.44. The molecule has 0 unspecified atom stereocenters. The van der Waals surface area contributed by atoms with Gasteiger partial charge in [0.1, 0.15) is 0 Å². The van der Waals surface area contributed by atoms with Crippen LogP contribution in [0.15, 0.2) is 90.0 Å². The van der Waals surface area contributed by atoms with E-state index in [4.69, 9.17) is 23.8 Å². The second-order valence-corrected chi connectivity index (χ2v) is 9.79. The highest BCUT2D eigenvalue weighted by Crippen LogP contribution is 2.33. The van der Waals surface area contributed by atoms with Gasteiger partial charge in [-0.2, -0.15) is 5.01 Å². The topological polar surface area (TPSA) is 54.3 Å². The molecule has 1 fully saturated rings. The van der Waals surface area contributed by atoms with Crippen molar-refractivity contribution in [1.29, 1.82) is 0 Å². The van der Waals surface area contributed by atoms with E-state index >= 15 is 0 Å². The van der Waals surface area contributed by atoms with E-state index in [0.717, 1.165) is 33.2 Å². The minimum absolute atomic E-state index is 0.270. The molecule has 1 aromatic heterocycles. The SMILES string of the molecule is O=C(NN1C(=O)/C(=C/c2cn(Cc3ccccc3)c3ccccc23)SC1=S)c1ccc(Cl)cc1. The summed E-state index contributed by atoms with van der Waals surface area (Å²) >= 11 is 12.4. The van der Waals surface area contributed by atoms with Crippen LogP contribution < -0.4 is 5.43 Å². The molecule has 2 heterocycles. The highest BCUT2D eigenvalue weighted by atomic mass is 35.5. The first-order chi connectivity index (χ1) is 16.5. The van der Waals surface area contributed by atoms with Gasteiger partial charge in [0.05, 0.1) is 4.91 Å². The molecule has 34 heavy (non-hydrogen) atoms. The Balaban J connectivity index is 1.42. The maximum absolute atomic E-state index is 13.1. The van der Waals surface area contributed by atoms with Crippen LogP contribution >= 0.6 is 35.6 Å². The summed E-state index contributed by atoms with van der Waals surface area (Å²) in [6.45, 7) is 0.716. The maximum Gasteiger partial charge on any atom is 0.285 e. The number of nitrogens with zero attached hydrogens (tertiary/aromatic N) is 2. The Labute approximate surface area is 211 Å². The van der Waals surface area contributed by atoms with Crippen LogP contribution in [0.25, 0.3) is 17.0 Å². The molecule has 0 aliphatic carbocycles. The predicted molar refractivity (Wildman–Crippen MR) is 141 cm³/mol. The van der Waals surface area contributed by atoms with Crippen LogP contribution in [0.4, 0.5) is 0 Å². The fourth-order valence-corrected chi connectivity index (χ4v) is 5.07. The monoisotopic (exact) mass is 503 g/mol. The van der Waals surface area contributed by atoms with E-state index in [9.17, 15) is 9.59 Å². The molecule has 1 saturated heterocycles. The van der Waals surface area contributed by atoms with Gasteiger partial charge in [-0.1, -0.05) is 71.9 Å². The number of thiocarbonyl (C=S) groups is 1. The third-order valence-corrected chi connectivity index (χ3v) is 6.97. The summed E-state index contributed by atoms with van der Waals surface area (Å²) in [7, 11) is 0. The molecule has 5 nitrogen and oxygen atoms in total. The lowest BCUT2D eigenvalue weighted by atomic mass is 10.1. The average molecular weight is 504 g/mol. The highest BCUT2D eigenvalue weighted by Gasteiger charge is 2.34. The summed E-state index contributed by atoms with van der Waals surface area (Å²) in [5, 5.41) is 2.68. The van der Waals surface area contributed by atoms with Gasteiger partial charge < -0.3 is 4.57 Å². The first-order valence-electron chi connectivity index (χ1n) is 10.5. The van der Waals surface area contributed by atoms with E-state index in [1.54, 1.807) is 24.3 Å². The molecule has 0 atom stereocenters. The number of fused-ring (bicyclic) bond motifs is 1. The molecule has 5 rings (SSSR count). The van der Waals surface area contributed by atoms with E-state index < -0.39 is 5.91 Å². The number of carbonyl (C=O) groups excluding carboxylic acids is 2. The van der Waals surface area contributed by atoms with E-state index in [1.165, 1.54) is 5.56 Å². The average Bonchev–Trinajstić information content (AvgIpc) is 3.32. The Morgan fingerprint density at radius 3 is 2.47 bits per heavy atom. The van der Waals surface area contributed by atoms with Gasteiger partial charge in [-0.05, 0) is 54.2 Å². The van der Waals surface area contributed by atoms with Crippen molar-refractivity contribution in [3.05, 3.63) is 112 Å². The Hall–Kier alpha value is -3.39. The third-order valence-electron chi connectivity index (χ3n) is 5.42. The number of hydrogen-bond donors (Lipinski definition) is 1. The van der Waals surface area contributed by atoms with Crippen molar-refractivity contribution in [2.75, 3.05) is 0 Å². The van der Waals surface area contributed by atoms with E-state index in [0.29, 0.717) is 22.0 Å². The number of carbonyl (C=O) groups is 2. The minimum atomic E-state index is -0.436. The minimum Gasteiger partial charge on any atom is -0.342 e. The molecule has 4 aromatic rings. The molecule has 0 radical (unpaired) electrons. The zero-order chi connectivity index (χ0) is 23.7. The summed E-state index contributed by atoms with van der Waals surface area (Å²) in [5.41, 5.74) is 6.15. The van der Waals surface area contributed by atoms with Crippen molar-refractivity contribution in [2.45, 2.75) is 6.54 Å². The zero-order valence-corrected chi connectivity index (χ0v) is 20.2. The van der Waals surface area contributed by atoms with Crippen LogP contribution in [0, 0.1) is 0 Å². The van der Waals surface area contributed by atoms with Gasteiger partial charge in [-0.3, -0.25) is 15.0 Å². The number of hydrazine groups is 1. The van der Waals surface area contributed by atoms with E-state index in [1.807, 2.05) is 48.7 Å². The Morgan fingerprint density at radius 2 is 1.71 bits per heavy atom. The summed E-state index contributed by atoms with van der Waals surface area (Å²) < 4.78 is 2.44. The molecular weight excluding hydrogens is 486 g/mol. The molecule has 0 spiro atoms. The quantitative estimate of drug-likeness (QED) is 0.272.